The highest BCUT2D eigenvalue weighted by atomic mass is 16.5. The summed E-state index contributed by atoms with van der Waals surface area (Å²) in [7, 11) is 2.98. The van der Waals surface area contributed by atoms with Crippen LogP contribution in [0.2, 0.25) is 0 Å². The molecule has 0 aliphatic heterocycles. The molecule has 0 saturated heterocycles. The average Bonchev–Trinajstić information content (AvgIpc) is 3.32. The highest BCUT2D eigenvalue weighted by molar-refractivity contribution is 5.39. The summed E-state index contributed by atoms with van der Waals surface area (Å²) in [6, 6.07) is 0. The molecule has 1 aliphatic carbocycles. The number of hydrogen-bond donors (Lipinski definition) is 2. The van der Waals surface area contributed by atoms with Crippen molar-refractivity contribution in [1.29, 1.82) is 0 Å². The third-order valence-corrected chi connectivity index (χ3v) is 14.5. The average molecular weight is 1000 g/mol. The molecular weight excluding hydrogens is 893 g/mol. The minimum Gasteiger partial charge on any atom is -0.494 e. The van der Waals surface area contributed by atoms with Crippen molar-refractivity contribution in [2.45, 2.75) is 257 Å². The van der Waals surface area contributed by atoms with E-state index < -0.39 is 12.2 Å². The van der Waals surface area contributed by atoms with Crippen molar-refractivity contribution in [1.82, 2.24) is 0 Å². The molecule has 0 heterocycles. The van der Waals surface area contributed by atoms with Gasteiger partial charge >= 0.3 is 0 Å². The zero-order valence-electron chi connectivity index (χ0n) is 50.1. The first-order chi connectivity index (χ1) is 34.8. The molecule has 0 spiro atoms. The summed E-state index contributed by atoms with van der Waals surface area (Å²) in [5.41, 5.74) is 19.2. The fraction of sp³-hybridized carbons (Fsp3) is 0.594. The molecule has 4 heteroatoms. The summed E-state index contributed by atoms with van der Waals surface area (Å²) in [5, 5.41) is 21.5. The van der Waals surface area contributed by atoms with Crippen molar-refractivity contribution < 1.29 is 19.7 Å². The number of rotatable bonds is 37. The Bertz CT molecular complexity index is 2080. The molecule has 0 amide bonds. The zero-order chi connectivity index (χ0) is 54.6. The number of allylic oxidation sites excluding steroid dienone is 24. The molecule has 2 N–H and O–H groups in total. The molecule has 0 aromatic rings. The molecule has 1 aliphatic rings. The van der Waals surface area contributed by atoms with Crippen molar-refractivity contribution in [2.75, 3.05) is 14.2 Å². The summed E-state index contributed by atoms with van der Waals surface area (Å²) in [6.07, 6.45) is 52.6. The van der Waals surface area contributed by atoms with Crippen LogP contribution in [-0.4, -0.2) is 36.6 Å². The lowest BCUT2D eigenvalue weighted by atomic mass is 9.88. The van der Waals surface area contributed by atoms with Gasteiger partial charge in [0.05, 0.1) is 14.2 Å². The third-order valence-electron chi connectivity index (χ3n) is 14.5. The molecular formula is C69H110O4. The van der Waals surface area contributed by atoms with Gasteiger partial charge in [-0.3, -0.25) is 0 Å². The predicted molar refractivity (Wildman–Crippen MR) is 323 cm³/mol. The van der Waals surface area contributed by atoms with Gasteiger partial charge in [-0.15, -0.1) is 0 Å². The smallest absolute Gasteiger partial charge is 0.169 e. The van der Waals surface area contributed by atoms with Gasteiger partial charge in [0.25, 0.3) is 0 Å². The first-order valence-corrected chi connectivity index (χ1v) is 28.5. The second-order valence-electron chi connectivity index (χ2n) is 22.1. The molecule has 2 unspecified atom stereocenters. The van der Waals surface area contributed by atoms with E-state index in [2.05, 4.69) is 163 Å². The number of hydrogen-bond acceptors (Lipinski definition) is 4. The first-order valence-electron chi connectivity index (χ1n) is 28.5. The topological polar surface area (TPSA) is 58.9 Å². The minimum atomic E-state index is -0.906. The maximum atomic E-state index is 10.9. The highest BCUT2D eigenvalue weighted by Crippen LogP contribution is 2.34. The Morgan fingerprint density at radius 2 is 0.507 bits per heavy atom. The van der Waals surface area contributed by atoms with Crippen LogP contribution < -0.4 is 0 Å². The van der Waals surface area contributed by atoms with E-state index >= 15 is 0 Å². The summed E-state index contributed by atoms with van der Waals surface area (Å²) < 4.78 is 10.7. The zero-order valence-corrected chi connectivity index (χ0v) is 50.1. The molecule has 0 aromatic heterocycles. The molecule has 0 aromatic carbocycles. The Kier molecular flexibility index (Phi) is 36.9. The van der Waals surface area contributed by atoms with E-state index in [4.69, 9.17) is 9.47 Å². The molecule has 73 heavy (non-hydrogen) atoms. The Morgan fingerprint density at radius 1 is 0.315 bits per heavy atom. The van der Waals surface area contributed by atoms with E-state index in [0.29, 0.717) is 6.42 Å². The lowest BCUT2D eigenvalue weighted by molar-refractivity contribution is 0.0794. The van der Waals surface area contributed by atoms with Crippen molar-refractivity contribution in [3.05, 3.63) is 162 Å². The normalized spacial score (nSPS) is 17.9. The van der Waals surface area contributed by atoms with Crippen LogP contribution in [0.5, 0.6) is 0 Å². The van der Waals surface area contributed by atoms with Gasteiger partial charge in [0.15, 0.2) is 11.5 Å². The molecule has 1 rings (SSSR count). The largest absolute Gasteiger partial charge is 0.494 e. The fourth-order valence-corrected chi connectivity index (χ4v) is 9.17. The van der Waals surface area contributed by atoms with Gasteiger partial charge in [-0.1, -0.05) is 140 Å². The van der Waals surface area contributed by atoms with E-state index in [1.165, 1.54) is 107 Å². The molecule has 0 fully saturated rings. The van der Waals surface area contributed by atoms with Gasteiger partial charge < -0.3 is 19.7 Å². The van der Waals surface area contributed by atoms with E-state index in [0.717, 1.165) is 127 Å². The number of ether oxygens (including phenoxy) is 2. The van der Waals surface area contributed by atoms with E-state index in [9.17, 15) is 10.2 Å². The summed E-state index contributed by atoms with van der Waals surface area (Å²) >= 11 is 0. The second kappa shape index (κ2) is 40.2. The molecule has 0 saturated carbocycles. The van der Waals surface area contributed by atoms with Gasteiger partial charge in [0.1, 0.15) is 12.2 Å². The lowest BCUT2D eigenvalue weighted by Gasteiger charge is -2.30. The molecule has 2 atom stereocenters. The van der Waals surface area contributed by atoms with Gasteiger partial charge in [-0.2, -0.15) is 0 Å². The lowest BCUT2D eigenvalue weighted by Crippen LogP contribution is -2.31. The molecule has 0 radical (unpaired) electrons. The Hall–Kier alpha value is -4.12. The van der Waals surface area contributed by atoms with Crippen LogP contribution in [0.3, 0.4) is 0 Å². The van der Waals surface area contributed by atoms with E-state index in [-0.39, 0.29) is 11.5 Å². The third kappa shape index (κ3) is 32.7. The summed E-state index contributed by atoms with van der Waals surface area (Å²) in [4.78, 5) is 0. The van der Waals surface area contributed by atoms with Gasteiger partial charge in [-0.05, 0) is 256 Å². The second-order valence-corrected chi connectivity index (χ2v) is 22.1. The van der Waals surface area contributed by atoms with Crippen LogP contribution in [0.15, 0.2) is 162 Å². The van der Waals surface area contributed by atoms with Crippen LogP contribution in [-0.2, 0) is 9.47 Å². The monoisotopic (exact) mass is 1000 g/mol. The quantitative estimate of drug-likeness (QED) is 0.0609. The highest BCUT2D eigenvalue weighted by Gasteiger charge is 2.34. The molecule has 410 valence electrons. The van der Waals surface area contributed by atoms with Crippen molar-refractivity contribution >= 4 is 0 Å². The van der Waals surface area contributed by atoms with E-state index in [1.807, 2.05) is 6.92 Å². The number of aliphatic hydroxyl groups excluding tert-OH is 2. The van der Waals surface area contributed by atoms with Gasteiger partial charge in [0, 0.05) is 0 Å². The SMILES string of the molecule is COC1=C(OC)C(O)C(CC=C(C)CCC=C(C)CCC=C(C)CCC=C(C)CCC=C(C)CCC=C(C)CCC=C(C)CCC=C(C)CCC=C(C)CCC=C(C)CCC=C(C)CCC=C(C)C)=C(C)C1O. The van der Waals surface area contributed by atoms with Gasteiger partial charge in [0.2, 0.25) is 0 Å². The number of aliphatic hydroxyl groups is 2. The van der Waals surface area contributed by atoms with Gasteiger partial charge in [-0.25, -0.2) is 0 Å². The van der Waals surface area contributed by atoms with E-state index in [1.54, 1.807) is 0 Å². The number of methoxy groups -OCH3 is 2. The molecule has 4 nitrogen and oxygen atoms in total. The van der Waals surface area contributed by atoms with Crippen LogP contribution in [0.1, 0.15) is 245 Å². The fourth-order valence-electron chi connectivity index (χ4n) is 9.17. The van der Waals surface area contributed by atoms with Crippen molar-refractivity contribution in [3.63, 3.8) is 0 Å². The van der Waals surface area contributed by atoms with Crippen LogP contribution in [0.25, 0.3) is 0 Å². The van der Waals surface area contributed by atoms with Crippen molar-refractivity contribution in [2.24, 2.45) is 0 Å². The first kappa shape index (κ1) is 66.9. The van der Waals surface area contributed by atoms with Crippen LogP contribution >= 0.6 is 0 Å². The minimum absolute atomic E-state index is 0.282. The standard InChI is InChI=1S/C69H110O4/c1-52(2)28-17-29-53(3)30-18-31-54(4)32-19-33-55(5)34-20-35-56(6)36-21-37-57(7)38-22-39-58(8)40-23-41-59(9)42-24-43-60(10)44-25-45-61(11)46-26-47-62(12)48-27-49-63(13)50-51-65-64(14)66(70)68(72-15)69(73-16)67(65)71/h28,30,32,34,36,38,40,42,44,46,48,50,66-67,70-71H,17-27,29,31,33,35,37,39,41,43,45,47,49,51H2,1-16H3. The summed E-state index contributed by atoms with van der Waals surface area (Å²) in [6.45, 7) is 31.2. The van der Waals surface area contributed by atoms with Crippen LogP contribution in [0, 0.1) is 0 Å². The van der Waals surface area contributed by atoms with Crippen molar-refractivity contribution in [3.8, 4) is 0 Å². The predicted octanol–water partition coefficient (Wildman–Crippen LogP) is 20.9. The Morgan fingerprint density at radius 3 is 0.712 bits per heavy atom. The van der Waals surface area contributed by atoms with Crippen LogP contribution in [0.4, 0.5) is 0 Å². The maximum absolute atomic E-state index is 10.9. The maximum Gasteiger partial charge on any atom is 0.169 e. The molecule has 0 bridgehead atoms. The Balaban J connectivity index is 2.28. The summed E-state index contributed by atoms with van der Waals surface area (Å²) in [5.74, 6) is 0.569. The Labute approximate surface area is 451 Å².